The Morgan fingerprint density at radius 3 is 2.76 bits per heavy atom. The van der Waals surface area contributed by atoms with Crippen molar-refractivity contribution in [3.63, 3.8) is 0 Å². The van der Waals surface area contributed by atoms with Crippen LogP contribution in [0.3, 0.4) is 0 Å². The Morgan fingerprint density at radius 1 is 1.48 bits per heavy atom. The van der Waals surface area contributed by atoms with Crippen molar-refractivity contribution in [1.29, 1.82) is 0 Å². The van der Waals surface area contributed by atoms with E-state index in [4.69, 9.17) is 4.84 Å². The predicted octanol–water partition coefficient (Wildman–Crippen LogP) is 0.324. The van der Waals surface area contributed by atoms with Gasteiger partial charge in [-0.2, -0.15) is 9.87 Å². The van der Waals surface area contributed by atoms with E-state index in [-0.39, 0.29) is 23.3 Å². The molecular formula is C17H21FN6O4S. The van der Waals surface area contributed by atoms with Crippen molar-refractivity contribution >= 4 is 34.2 Å². The van der Waals surface area contributed by atoms with Gasteiger partial charge in [0.05, 0.1) is 25.9 Å². The Morgan fingerprint density at radius 2 is 2.21 bits per heavy atom. The highest BCUT2D eigenvalue weighted by Crippen LogP contribution is 2.28. The summed E-state index contributed by atoms with van der Waals surface area (Å²) >= 11 is 0.769. The number of carbonyl (C=O) groups excluding carboxylic acids is 1. The van der Waals surface area contributed by atoms with E-state index in [0.717, 1.165) is 17.5 Å². The van der Waals surface area contributed by atoms with E-state index in [1.54, 1.807) is 21.1 Å². The van der Waals surface area contributed by atoms with Gasteiger partial charge in [0.15, 0.2) is 16.2 Å². The Bertz CT molecular complexity index is 905. The molecule has 0 aliphatic carbocycles. The van der Waals surface area contributed by atoms with Crippen LogP contribution in [0.25, 0.3) is 0 Å². The summed E-state index contributed by atoms with van der Waals surface area (Å²) in [6.07, 6.45) is 2.24. The molecule has 0 bridgehead atoms. The zero-order valence-corrected chi connectivity index (χ0v) is 16.9. The maximum absolute atomic E-state index is 13.4. The molecule has 12 heteroatoms. The van der Waals surface area contributed by atoms with E-state index in [2.05, 4.69) is 20.8 Å². The highest BCUT2D eigenvalue weighted by atomic mass is 32.1. The van der Waals surface area contributed by atoms with Crippen LogP contribution in [-0.4, -0.2) is 72.5 Å². The number of carboxylic acid groups (broad SMARTS) is 1. The Labute approximate surface area is 170 Å². The second-order valence-corrected chi connectivity index (χ2v) is 7.41. The highest BCUT2D eigenvalue weighted by Gasteiger charge is 2.33. The quantitative estimate of drug-likeness (QED) is 0.202. The van der Waals surface area contributed by atoms with Gasteiger partial charge in [0.25, 0.3) is 0 Å². The lowest BCUT2D eigenvalue weighted by molar-refractivity contribution is -0.134. The number of allylic oxidation sites excluding steroid dienone is 1. The van der Waals surface area contributed by atoms with Crippen LogP contribution in [0.15, 0.2) is 34.2 Å². The molecule has 29 heavy (non-hydrogen) atoms. The SMILES string of the molecule is CN=C(N/C(C)=C1\CN(c2ncc(F)s2)C=C(C(=O)O)C1=O)N1CC(NOC)C1. The standard InChI is InChI=1S/C17H21FN6O4S/c1-9(21-16(19-2)23-5-10(6-23)22-28-3)11-7-24(17-20-4-13(18)29-17)8-12(14(11)25)15(26)27/h4,8,10,22H,5-7H2,1-3H3,(H,19,21)(H,26,27)/b11-9+. The minimum absolute atomic E-state index is 0.0618. The van der Waals surface area contributed by atoms with E-state index < -0.39 is 22.5 Å². The second-order valence-electron chi connectivity index (χ2n) is 6.45. The Hall–Kier alpha value is -2.83. The van der Waals surface area contributed by atoms with Crippen LogP contribution >= 0.6 is 11.3 Å². The summed E-state index contributed by atoms with van der Waals surface area (Å²) in [4.78, 5) is 40.7. The first-order valence-corrected chi connectivity index (χ1v) is 9.50. The number of guanidine groups is 1. The molecule has 1 aromatic rings. The van der Waals surface area contributed by atoms with Gasteiger partial charge in [0.1, 0.15) is 5.57 Å². The molecule has 10 nitrogen and oxygen atoms in total. The molecule has 2 aliphatic heterocycles. The average Bonchev–Trinajstić information content (AvgIpc) is 3.09. The minimum Gasteiger partial charge on any atom is -0.477 e. The molecule has 3 N–H and O–H groups in total. The molecule has 1 saturated heterocycles. The van der Waals surface area contributed by atoms with Crippen LogP contribution in [0.5, 0.6) is 0 Å². The molecular weight excluding hydrogens is 403 g/mol. The summed E-state index contributed by atoms with van der Waals surface area (Å²) in [5.41, 5.74) is 3.15. The van der Waals surface area contributed by atoms with Crippen LogP contribution in [-0.2, 0) is 14.4 Å². The molecule has 3 heterocycles. The normalized spacial score (nSPS) is 19.8. The molecule has 0 saturated carbocycles. The summed E-state index contributed by atoms with van der Waals surface area (Å²) < 4.78 is 13.4. The van der Waals surface area contributed by atoms with Gasteiger partial charge in [-0.3, -0.25) is 9.79 Å². The lowest BCUT2D eigenvalue weighted by Crippen LogP contribution is -2.62. The number of aromatic nitrogens is 1. The maximum Gasteiger partial charge on any atom is 0.341 e. The molecule has 2 aliphatic rings. The first-order chi connectivity index (χ1) is 13.8. The minimum atomic E-state index is -1.36. The number of aliphatic carboxylic acids is 1. The fourth-order valence-corrected chi connectivity index (χ4v) is 3.64. The van der Waals surface area contributed by atoms with Crippen molar-refractivity contribution in [2.24, 2.45) is 4.99 Å². The number of hydrogen-bond donors (Lipinski definition) is 3. The number of anilines is 1. The number of nitrogens with one attached hydrogen (secondary N) is 2. The van der Waals surface area contributed by atoms with Gasteiger partial charge < -0.3 is 25.1 Å². The third-order valence-electron chi connectivity index (χ3n) is 4.50. The number of carbonyl (C=O) groups is 2. The van der Waals surface area contributed by atoms with Gasteiger partial charge >= 0.3 is 5.97 Å². The fraction of sp³-hybridized carbons (Fsp3) is 0.412. The highest BCUT2D eigenvalue weighted by molar-refractivity contribution is 7.14. The van der Waals surface area contributed by atoms with E-state index in [9.17, 15) is 19.1 Å². The number of carboxylic acids is 1. The monoisotopic (exact) mass is 424 g/mol. The molecule has 0 radical (unpaired) electrons. The fourth-order valence-electron chi connectivity index (χ4n) is 3.02. The van der Waals surface area contributed by atoms with Crippen LogP contribution < -0.4 is 15.7 Å². The summed E-state index contributed by atoms with van der Waals surface area (Å²) in [6.45, 7) is 3.06. The van der Waals surface area contributed by atoms with E-state index in [1.807, 2.05) is 4.90 Å². The van der Waals surface area contributed by atoms with Crippen LogP contribution in [0.2, 0.25) is 0 Å². The van der Waals surface area contributed by atoms with Crippen LogP contribution in [0.4, 0.5) is 9.52 Å². The van der Waals surface area contributed by atoms with Crippen molar-refractivity contribution in [2.45, 2.75) is 13.0 Å². The van der Waals surface area contributed by atoms with E-state index in [0.29, 0.717) is 24.7 Å². The summed E-state index contributed by atoms with van der Waals surface area (Å²) in [5, 5.41) is 12.3. The molecule has 0 amide bonds. The first-order valence-electron chi connectivity index (χ1n) is 8.68. The van der Waals surface area contributed by atoms with Gasteiger partial charge in [0.2, 0.25) is 5.78 Å². The smallest absolute Gasteiger partial charge is 0.341 e. The number of nitrogens with zero attached hydrogens (tertiary/aromatic N) is 4. The van der Waals surface area contributed by atoms with Crippen molar-refractivity contribution in [3.05, 3.63) is 34.4 Å². The zero-order chi connectivity index (χ0) is 21.1. The number of halogens is 1. The molecule has 0 atom stereocenters. The third-order valence-corrected chi connectivity index (χ3v) is 5.33. The van der Waals surface area contributed by atoms with Crippen LogP contribution in [0, 0.1) is 5.13 Å². The number of aliphatic imine (C=N–C) groups is 1. The van der Waals surface area contributed by atoms with Gasteiger partial charge in [0, 0.05) is 37.6 Å². The van der Waals surface area contributed by atoms with Gasteiger partial charge in [-0.25, -0.2) is 9.78 Å². The first kappa shape index (κ1) is 20.9. The van der Waals surface area contributed by atoms with E-state index >= 15 is 0 Å². The number of Topliss-reactive ketones (excluding diaryl/α,β-unsaturated/α-hetero) is 1. The molecule has 3 rings (SSSR count). The predicted molar refractivity (Wildman–Crippen MR) is 105 cm³/mol. The summed E-state index contributed by atoms with van der Waals surface area (Å²) in [7, 11) is 3.17. The average molecular weight is 424 g/mol. The van der Waals surface area contributed by atoms with Crippen molar-refractivity contribution in [3.8, 4) is 0 Å². The Kier molecular flexibility index (Phi) is 6.25. The number of thiazole rings is 1. The van der Waals surface area contributed by atoms with Crippen molar-refractivity contribution < 1.29 is 23.9 Å². The summed E-state index contributed by atoms with van der Waals surface area (Å²) in [5.74, 6) is -1.41. The molecule has 0 unspecified atom stereocenters. The number of hydrogen-bond acceptors (Lipinski definition) is 8. The van der Waals surface area contributed by atoms with Gasteiger partial charge in [-0.1, -0.05) is 11.3 Å². The molecule has 0 spiro atoms. The van der Waals surface area contributed by atoms with Gasteiger partial charge in [-0.05, 0) is 6.92 Å². The second kappa shape index (κ2) is 8.68. The lowest BCUT2D eigenvalue weighted by Gasteiger charge is -2.41. The van der Waals surface area contributed by atoms with Gasteiger partial charge in [-0.15, -0.1) is 0 Å². The number of hydroxylamine groups is 1. The molecule has 1 aromatic heterocycles. The molecule has 0 aromatic carbocycles. The number of ketones is 1. The van der Waals surface area contributed by atoms with E-state index in [1.165, 1.54) is 11.1 Å². The van der Waals surface area contributed by atoms with Crippen molar-refractivity contribution in [1.82, 2.24) is 20.7 Å². The Balaban J connectivity index is 1.83. The largest absolute Gasteiger partial charge is 0.477 e. The van der Waals surface area contributed by atoms with Crippen LogP contribution in [0.1, 0.15) is 6.92 Å². The summed E-state index contributed by atoms with van der Waals surface area (Å²) in [6, 6.07) is 0.166. The number of likely N-dealkylation sites (tertiary alicyclic amines) is 1. The molecule has 1 fully saturated rings. The number of rotatable bonds is 5. The molecule has 156 valence electrons. The lowest BCUT2D eigenvalue weighted by atomic mass is 9.98. The maximum atomic E-state index is 13.4. The van der Waals surface area contributed by atoms with Crippen molar-refractivity contribution in [2.75, 3.05) is 38.7 Å². The topological polar surface area (TPSA) is 119 Å². The zero-order valence-electron chi connectivity index (χ0n) is 16.1. The third kappa shape index (κ3) is 4.44.